The van der Waals surface area contributed by atoms with E-state index in [4.69, 9.17) is 0 Å². The molecule has 1 aromatic carbocycles. The molecule has 1 amide bonds. The zero-order chi connectivity index (χ0) is 15.7. The van der Waals surface area contributed by atoms with Crippen LogP contribution in [0.3, 0.4) is 0 Å². The van der Waals surface area contributed by atoms with Gasteiger partial charge in [0.25, 0.3) is 11.6 Å². The maximum Gasteiger partial charge on any atom is 0.269 e. The summed E-state index contributed by atoms with van der Waals surface area (Å²) in [5, 5.41) is 10.7. The molecule has 0 aromatic heterocycles. The van der Waals surface area contributed by atoms with Crippen LogP contribution in [-0.4, -0.2) is 53.9 Å². The Morgan fingerprint density at radius 2 is 1.73 bits per heavy atom. The van der Waals surface area contributed by atoms with Crippen LogP contribution < -0.4 is 0 Å². The number of hydrogen-bond acceptors (Lipinski definition) is 4. The number of nitrogens with zero attached hydrogens (tertiary/aromatic N) is 3. The third-order valence-electron chi connectivity index (χ3n) is 5.07. The monoisotopic (exact) mass is 303 g/mol. The topological polar surface area (TPSA) is 66.7 Å². The molecule has 2 aliphatic heterocycles. The van der Waals surface area contributed by atoms with Crippen LogP contribution in [0.4, 0.5) is 5.69 Å². The van der Waals surface area contributed by atoms with Crippen LogP contribution in [-0.2, 0) is 0 Å². The number of amides is 1. The maximum atomic E-state index is 12.5. The predicted molar refractivity (Wildman–Crippen MR) is 82.8 cm³/mol. The number of non-ortho nitro benzene ring substituents is 1. The Hall–Kier alpha value is -1.95. The standard InChI is InChI=1S/C16H21N3O3/c1-17-9-6-16(12-17)7-10-18(11-8-16)15(20)13-2-4-14(5-3-13)19(21)22/h2-5H,6-12H2,1H3. The molecular weight excluding hydrogens is 282 g/mol. The third kappa shape index (κ3) is 2.83. The molecule has 1 spiro atoms. The lowest BCUT2D eigenvalue weighted by atomic mass is 9.77. The van der Waals surface area contributed by atoms with Gasteiger partial charge in [0.1, 0.15) is 0 Å². The van der Waals surface area contributed by atoms with E-state index < -0.39 is 4.92 Å². The number of hydrogen-bond donors (Lipinski definition) is 0. The first kappa shape index (κ1) is 15.0. The van der Waals surface area contributed by atoms with E-state index in [1.54, 1.807) is 12.1 Å². The molecule has 118 valence electrons. The summed E-state index contributed by atoms with van der Waals surface area (Å²) in [6, 6.07) is 5.89. The van der Waals surface area contributed by atoms with Crippen molar-refractivity contribution < 1.29 is 9.72 Å². The molecule has 2 fully saturated rings. The zero-order valence-corrected chi connectivity index (χ0v) is 12.8. The van der Waals surface area contributed by atoms with Gasteiger partial charge in [-0.2, -0.15) is 0 Å². The van der Waals surface area contributed by atoms with Gasteiger partial charge in [0.15, 0.2) is 0 Å². The number of likely N-dealkylation sites (tertiary alicyclic amines) is 2. The molecule has 0 N–H and O–H groups in total. The van der Waals surface area contributed by atoms with Gasteiger partial charge in [-0.25, -0.2) is 0 Å². The molecule has 0 bridgehead atoms. The van der Waals surface area contributed by atoms with E-state index >= 15 is 0 Å². The average Bonchev–Trinajstić information content (AvgIpc) is 2.88. The Morgan fingerprint density at radius 3 is 2.23 bits per heavy atom. The van der Waals surface area contributed by atoms with E-state index in [1.807, 2.05) is 4.90 Å². The lowest BCUT2D eigenvalue weighted by Crippen LogP contribution is -2.44. The minimum atomic E-state index is -0.449. The first-order valence-corrected chi connectivity index (χ1v) is 7.71. The van der Waals surface area contributed by atoms with Crippen LogP contribution in [0.2, 0.25) is 0 Å². The molecule has 0 unspecified atom stereocenters. The summed E-state index contributed by atoms with van der Waals surface area (Å²) in [6.07, 6.45) is 3.33. The number of carbonyl (C=O) groups excluding carboxylic acids is 1. The second-order valence-corrected chi connectivity index (χ2v) is 6.58. The molecule has 0 saturated carbocycles. The molecule has 6 nitrogen and oxygen atoms in total. The van der Waals surface area contributed by atoms with Crippen molar-refractivity contribution in [2.24, 2.45) is 5.41 Å². The summed E-state index contributed by atoms with van der Waals surface area (Å²) in [5.41, 5.74) is 0.939. The SMILES string of the molecule is CN1CCC2(CCN(C(=O)c3ccc([N+](=O)[O-])cc3)CC2)C1. The van der Waals surface area contributed by atoms with Gasteiger partial charge in [0, 0.05) is 37.3 Å². The lowest BCUT2D eigenvalue weighted by Gasteiger charge is -2.39. The highest BCUT2D eigenvalue weighted by Crippen LogP contribution is 2.39. The van der Waals surface area contributed by atoms with E-state index in [9.17, 15) is 14.9 Å². The molecule has 6 heteroatoms. The number of piperidine rings is 1. The number of carbonyl (C=O) groups is 1. The van der Waals surface area contributed by atoms with Crippen molar-refractivity contribution in [1.29, 1.82) is 0 Å². The molecule has 1 aromatic rings. The van der Waals surface area contributed by atoms with Gasteiger partial charge in [0.2, 0.25) is 0 Å². The number of nitro benzene ring substituents is 1. The van der Waals surface area contributed by atoms with Crippen molar-refractivity contribution in [3.63, 3.8) is 0 Å². The first-order valence-electron chi connectivity index (χ1n) is 7.71. The minimum absolute atomic E-state index is 0.0168. The van der Waals surface area contributed by atoms with Gasteiger partial charge in [0.05, 0.1) is 4.92 Å². The van der Waals surface area contributed by atoms with Crippen LogP contribution in [0, 0.1) is 15.5 Å². The highest BCUT2D eigenvalue weighted by molar-refractivity contribution is 5.94. The molecule has 2 heterocycles. The quantitative estimate of drug-likeness (QED) is 0.620. The van der Waals surface area contributed by atoms with Gasteiger partial charge in [-0.3, -0.25) is 14.9 Å². The van der Waals surface area contributed by atoms with E-state index in [1.165, 1.54) is 18.6 Å². The van der Waals surface area contributed by atoms with E-state index in [0.717, 1.165) is 39.0 Å². The van der Waals surface area contributed by atoms with Crippen molar-refractivity contribution in [1.82, 2.24) is 9.80 Å². The Labute approximate surface area is 129 Å². The Kier molecular flexibility index (Phi) is 3.87. The van der Waals surface area contributed by atoms with Crippen molar-refractivity contribution in [2.75, 3.05) is 33.2 Å². The summed E-state index contributed by atoms with van der Waals surface area (Å²) in [4.78, 5) is 27.0. The molecule has 0 aliphatic carbocycles. The minimum Gasteiger partial charge on any atom is -0.339 e. The van der Waals surface area contributed by atoms with Gasteiger partial charge in [-0.1, -0.05) is 0 Å². The highest BCUT2D eigenvalue weighted by Gasteiger charge is 2.40. The molecule has 2 saturated heterocycles. The largest absolute Gasteiger partial charge is 0.339 e. The summed E-state index contributed by atoms with van der Waals surface area (Å²) in [7, 11) is 2.16. The van der Waals surface area contributed by atoms with Crippen LogP contribution in [0.1, 0.15) is 29.6 Å². The third-order valence-corrected chi connectivity index (χ3v) is 5.07. The van der Waals surface area contributed by atoms with E-state index in [2.05, 4.69) is 11.9 Å². The summed E-state index contributed by atoms with van der Waals surface area (Å²) in [6.45, 7) is 3.84. The van der Waals surface area contributed by atoms with Crippen LogP contribution in [0.5, 0.6) is 0 Å². The fourth-order valence-electron chi connectivity index (χ4n) is 3.66. The second kappa shape index (κ2) is 5.68. The van der Waals surface area contributed by atoms with E-state index in [0.29, 0.717) is 11.0 Å². The Bertz CT molecular complexity index is 577. The molecule has 22 heavy (non-hydrogen) atoms. The first-order chi connectivity index (χ1) is 10.5. The van der Waals surface area contributed by atoms with Crippen molar-refractivity contribution in [2.45, 2.75) is 19.3 Å². The summed E-state index contributed by atoms with van der Waals surface area (Å²) < 4.78 is 0. The smallest absolute Gasteiger partial charge is 0.269 e. The number of rotatable bonds is 2. The summed E-state index contributed by atoms with van der Waals surface area (Å²) in [5.74, 6) is -0.0175. The average molecular weight is 303 g/mol. The van der Waals surface area contributed by atoms with Crippen molar-refractivity contribution >= 4 is 11.6 Å². The second-order valence-electron chi connectivity index (χ2n) is 6.58. The predicted octanol–water partition coefficient (Wildman–Crippen LogP) is 2.15. The maximum absolute atomic E-state index is 12.5. The zero-order valence-electron chi connectivity index (χ0n) is 12.8. The van der Waals surface area contributed by atoms with Gasteiger partial charge < -0.3 is 9.80 Å². The molecule has 0 atom stereocenters. The van der Waals surface area contributed by atoms with Gasteiger partial charge >= 0.3 is 0 Å². The normalized spacial score (nSPS) is 21.2. The highest BCUT2D eigenvalue weighted by atomic mass is 16.6. The van der Waals surface area contributed by atoms with E-state index in [-0.39, 0.29) is 11.6 Å². The van der Waals surface area contributed by atoms with Crippen LogP contribution in [0.15, 0.2) is 24.3 Å². The summed E-state index contributed by atoms with van der Waals surface area (Å²) >= 11 is 0. The molecule has 3 rings (SSSR count). The Balaban J connectivity index is 1.63. The molecule has 2 aliphatic rings. The van der Waals surface area contributed by atoms with Gasteiger partial charge in [-0.05, 0) is 50.4 Å². The Morgan fingerprint density at radius 1 is 1.14 bits per heavy atom. The number of nitro groups is 1. The fraction of sp³-hybridized carbons (Fsp3) is 0.562. The lowest BCUT2D eigenvalue weighted by molar-refractivity contribution is -0.384. The van der Waals surface area contributed by atoms with Crippen molar-refractivity contribution in [3.8, 4) is 0 Å². The van der Waals surface area contributed by atoms with Crippen LogP contribution in [0.25, 0.3) is 0 Å². The van der Waals surface area contributed by atoms with Crippen molar-refractivity contribution in [3.05, 3.63) is 39.9 Å². The number of benzene rings is 1. The van der Waals surface area contributed by atoms with Gasteiger partial charge in [-0.15, -0.1) is 0 Å². The fourth-order valence-corrected chi connectivity index (χ4v) is 3.66. The molecular formula is C16H21N3O3. The molecule has 0 radical (unpaired) electrons. The van der Waals surface area contributed by atoms with Crippen LogP contribution >= 0.6 is 0 Å².